The first-order valence-corrected chi connectivity index (χ1v) is 8.25. The topological polar surface area (TPSA) is 21.3 Å². The minimum Gasteiger partial charge on any atom is -0.376 e. The smallest absolute Gasteiger partial charge is 0.0719 e. The van der Waals surface area contributed by atoms with Crippen molar-refractivity contribution in [1.82, 2.24) is 5.32 Å². The Balaban J connectivity index is 1.74. The lowest BCUT2D eigenvalue weighted by Gasteiger charge is -2.13. The molecule has 1 N–H and O–H groups in total. The van der Waals surface area contributed by atoms with E-state index in [-0.39, 0.29) is 0 Å². The Bertz CT molecular complexity index is 371. The van der Waals surface area contributed by atoms with Gasteiger partial charge in [-0.25, -0.2) is 0 Å². The van der Waals surface area contributed by atoms with Gasteiger partial charge in [0.05, 0.1) is 6.61 Å². The van der Waals surface area contributed by atoms with Gasteiger partial charge in [-0.2, -0.15) is 0 Å². The summed E-state index contributed by atoms with van der Waals surface area (Å²) in [6.07, 6.45) is 7.82. The van der Waals surface area contributed by atoms with Crippen molar-refractivity contribution in [1.29, 1.82) is 0 Å². The summed E-state index contributed by atoms with van der Waals surface area (Å²) < 4.78 is 5.95. The van der Waals surface area contributed by atoms with Crippen molar-refractivity contribution in [2.24, 2.45) is 5.92 Å². The molecule has 20 heavy (non-hydrogen) atoms. The lowest BCUT2D eigenvalue weighted by atomic mass is 10.1. The first-order valence-electron chi connectivity index (χ1n) is 8.25. The molecule has 0 bridgehead atoms. The Morgan fingerprint density at radius 1 is 1.10 bits per heavy atom. The lowest BCUT2D eigenvalue weighted by molar-refractivity contribution is 0.0884. The fourth-order valence-electron chi connectivity index (χ4n) is 2.98. The molecule has 1 fully saturated rings. The Morgan fingerprint density at radius 3 is 2.60 bits per heavy atom. The average molecular weight is 275 g/mol. The highest BCUT2D eigenvalue weighted by Crippen LogP contribution is 2.25. The van der Waals surface area contributed by atoms with E-state index in [1.165, 1.54) is 43.2 Å². The Hall–Kier alpha value is -0.860. The molecule has 1 aromatic rings. The highest BCUT2D eigenvalue weighted by molar-refractivity contribution is 5.26. The largest absolute Gasteiger partial charge is 0.376 e. The van der Waals surface area contributed by atoms with Gasteiger partial charge in [-0.05, 0) is 55.8 Å². The van der Waals surface area contributed by atoms with E-state index in [2.05, 4.69) is 36.5 Å². The third kappa shape index (κ3) is 5.26. The lowest BCUT2D eigenvalue weighted by Crippen LogP contribution is -2.18. The van der Waals surface area contributed by atoms with Gasteiger partial charge in [0, 0.05) is 6.61 Å². The molecule has 2 rings (SSSR count). The predicted octanol–water partition coefficient (Wildman–Crippen LogP) is 3.94. The van der Waals surface area contributed by atoms with Gasteiger partial charge in [-0.3, -0.25) is 0 Å². The second kappa shape index (κ2) is 9.15. The molecule has 0 amide bonds. The molecule has 2 heteroatoms. The standard InChI is InChI=1S/C18H29NO/c1-2-12-19-13-11-17-9-5-6-10-18(17)15-20-14-16-7-3-4-8-16/h5-6,9-10,16,19H,2-4,7-8,11-15H2,1H3. The second-order valence-corrected chi connectivity index (χ2v) is 5.93. The molecule has 0 atom stereocenters. The number of hydrogen-bond acceptors (Lipinski definition) is 2. The summed E-state index contributed by atoms with van der Waals surface area (Å²) in [7, 11) is 0. The first-order chi connectivity index (χ1) is 9.90. The number of ether oxygens (including phenoxy) is 1. The minimum absolute atomic E-state index is 0.778. The molecule has 0 radical (unpaired) electrons. The normalized spacial score (nSPS) is 15.8. The highest BCUT2D eigenvalue weighted by atomic mass is 16.5. The zero-order valence-corrected chi connectivity index (χ0v) is 12.9. The van der Waals surface area contributed by atoms with Crippen LogP contribution in [0.25, 0.3) is 0 Å². The van der Waals surface area contributed by atoms with Crippen LogP contribution in [0.2, 0.25) is 0 Å². The Kier molecular flexibility index (Phi) is 7.10. The van der Waals surface area contributed by atoms with E-state index in [1.807, 2.05) is 0 Å². The first kappa shape index (κ1) is 15.5. The maximum Gasteiger partial charge on any atom is 0.0719 e. The van der Waals surface area contributed by atoms with Gasteiger partial charge in [-0.15, -0.1) is 0 Å². The van der Waals surface area contributed by atoms with Crippen molar-refractivity contribution in [2.45, 2.75) is 52.1 Å². The van der Waals surface area contributed by atoms with Crippen molar-refractivity contribution in [2.75, 3.05) is 19.7 Å². The molecular formula is C18H29NO. The predicted molar refractivity (Wildman–Crippen MR) is 84.9 cm³/mol. The molecule has 0 heterocycles. The van der Waals surface area contributed by atoms with E-state index < -0.39 is 0 Å². The number of nitrogens with one attached hydrogen (secondary N) is 1. The van der Waals surface area contributed by atoms with Gasteiger partial charge in [-0.1, -0.05) is 44.0 Å². The molecule has 0 aromatic heterocycles. The Labute approximate surface area is 123 Å². The van der Waals surface area contributed by atoms with Crippen LogP contribution in [0.1, 0.15) is 50.2 Å². The van der Waals surface area contributed by atoms with Crippen molar-refractivity contribution in [3.05, 3.63) is 35.4 Å². The summed E-state index contributed by atoms with van der Waals surface area (Å²) in [6.45, 7) is 6.11. The quantitative estimate of drug-likeness (QED) is 0.689. The highest BCUT2D eigenvalue weighted by Gasteiger charge is 2.14. The number of benzene rings is 1. The maximum atomic E-state index is 5.95. The molecule has 0 unspecified atom stereocenters. The summed E-state index contributed by atoms with van der Waals surface area (Å²) in [5.41, 5.74) is 2.80. The molecule has 1 saturated carbocycles. The molecule has 1 aliphatic rings. The van der Waals surface area contributed by atoms with Gasteiger partial charge in [0.1, 0.15) is 0 Å². The minimum atomic E-state index is 0.778. The fraction of sp³-hybridized carbons (Fsp3) is 0.667. The zero-order chi connectivity index (χ0) is 14.0. The van der Waals surface area contributed by atoms with Gasteiger partial charge in [0.2, 0.25) is 0 Å². The summed E-state index contributed by atoms with van der Waals surface area (Å²) in [6, 6.07) is 8.71. The van der Waals surface area contributed by atoms with Crippen LogP contribution < -0.4 is 5.32 Å². The van der Waals surface area contributed by atoms with E-state index in [0.717, 1.165) is 38.6 Å². The van der Waals surface area contributed by atoms with Crippen LogP contribution in [-0.4, -0.2) is 19.7 Å². The summed E-state index contributed by atoms with van der Waals surface area (Å²) in [5, 5.41) is 3.47. The molecule has 1 aliphatic carbocycles. The fourth-order valence-corrected chi connectivity index (χ4v) is 2.98. The van der Waals surface area contributed by atoms with Crippen LogP contribution in [-0.2, 0) is 17.8 Å². The van der Waals surface area contributed by atoms with Crippen molar-refractivity contribution >= 4 is 0 Å². The van der Waals surface area contributed by atoms with Crippen LogP contribution >= 0.6 is 0 Å². The molecule has 0 spiro atoms. The summed E-state index contributed by atoms with van der Waals surface area (Å²) in [4.78, 5) is 0. The van der Waals surface area contributed by atoms with Crippen LogP contribution in [0, 0.1) is 5.92 Å². The van der Waals surface area contributed by atoms with Crippen LogP contribution in [0.15, 0.2) is 24.3 Å². The van der Waals surface area contributed by atoms with E-state index in [0.29, 0.717) is 0 Å². The van der Waals surface area contributed by atoms with Crippen molar-refractivity contribution in [3.63, 3.8) is 0 Å². The average Bonchev–Trinajstić information content (AvgIpc) is 2.98. The summed E-state index contributed by atoms with van der Waals surface area (Å²) in [5.74, 6) is 0.813. The monoisotopic (exact) mass is 275 g/mol. The third-order valence-electron chi connectivity index (χ3n) is 4.20. The van der Waals surface area contributed by atoms with E-state index >= 15 is 0 Å². The van der Waals surface area contributed by atoms with Crippen LogP contribution in [0.3, 0.4) is 0 Å². The maximum absolute atomic E-state index is 5.95. The Morgan fingerprint density at radius 2 is 1.85 bits per heavy atom. The molecule has 112 valence electrons. The van der Waals surface area contributed by atoms with Gasteiger partial charge in [0.25, 0.3) is 0 Å². The number of hydrogen-bond donors (Lipinski definition) is 1. The molecule has 1 aromatic carbocycles. The second-order valence-electron chi connectivity index (χ2n) is 5.93. The third-order valence-corrected chi connectivity index (χ3v) is 4.20. The SMILES string of the molecule is CCCNCCc1ccccc1COCC1CCCC1. The van der Waals surface area contributed by atoms with Crippen molar-refractivity contribution < 1.29 is 4.74 Å². The molecule has 0 aliphatic heterocycles. The molecule has 2 nitrogen and oxygen atoms in total. The molecular weight excluding hydrogens is 246 g/mol. The van der Waals surface area contributed by atoms with E-state index in [4.69, 9.17) is 4.74 Å². The van der Waals surface area contributed by atoms with Crippen LogP contribution in [0.4, 0.5) is 0 Å². The van der Waals surface area contributed by atoms with Crippen LogP contribution in [0.5, 0.6) is 0 Å². The summed E-state index contributed by atoms with van der Waals surface area (Å²) >= 11 is 0. The zero-order valence-electron chi connectivity index (χ0n) is 12.9. The molecule has 0 saturated heterocycles. The van der Waals surface area contributed by atoms with E-state index in [9.17, 15) is 0 Å². The number of rotatable bonds is 9. The van der Waals surface area contributed by atoms with Gasteiger partial charge >= 0.3 is 0 Å². The van der Waals surface area contributed by atoms with Gasteiger partial charge < -0.3 is 10.1 Å². The van der Waals surface area contributed by atoms with Crippen molar-refractivity contribution in [3.8, 4) is 0 Å². The van der Waals surface area contributed by atoms with E-state index in [1.54, 1.807) is 0 Å². The van der Waals surface area contributed by atoms with Gasteiger partial charge in [0.15, 0.2) is 0 Å².